The lowest BCUT2D eigenvalue weighted by Crippen LogP contribution is -2.00. The summed E-state index contributed by atoms with van der Waals surface area (Å²) in [5, 5.41) is 11.5. The monoisotopic (exact) mass is 312 g/mol. The Morgan fingerprint density at radius 3 is 2.40 bits per heavy atom. The van der Waals surface area contributed by atoms with Crippen molar-refractivity contribution in [1.29, 1.82) is 0 Å². The van der Waals surface area contributed by atoms with E-state index in [4.69, 9.17) is 33.7 Å². The second-order valence-corrected chi connectivity index (χ2v) is 4.80. The predicted molar refractivity (Wildman–Crippen MR) is 78.3 cm³/mol. The van der Waals surface area contributed by atoms with Gasteiger partial charge in [-0.05, 0) is 29.8 Å². The van der Waals surface area contributed by atoms with Crippen LogP contribution >= 0.6 is 23.2 Å². The summed E-state index contributed by atoms with van der Waals surface area (Å²) in [6.45, 7) is 0.158. The Labute approximate surface area is 125 Å². The van der Waals surface area contributed by atoms with Crippen molar-refractivity contribution >= 4 is 34.6 Å². The Balaban J connectivity index is 2.16. The molecule has 0 aromatic heterocycles. The molecule has 2 aromatic rings. The molecule has 0 spiro atoms. The minimum absolute atomic E-state index is 0.0846. The second-order valence-electron chi connectivity index (χ2n) is 3.99. The highest BCUT2D eigenvalue weighted by molar-refractivity contribution is 6.37. The summed E-state index contributed by atoms with van der Waals surface area (Å²) >= 11 is 11.9. The van der Waals surface area contributed by atoms with Crippen molar-refractivity contribution in [2.75, 3.05) is 5.73 Å². The van der Waals surface area contributed by atoms with Crippen LogP contribution in [0.3, 0.4) is 0 Å². The standard InChI is InChI=1S/C13H10Cl2N2O3/c14-9-2-1-3-10(15)13(9)20-7-8-4-5-12(17(18)19)11(16)6-8/h1-6H,7,16H2. The number of nitrogens with zero attached hydrogens (tertiary/aromatic N) is 1. The molecule has 0 aliphatic carbocycles. The summed E-state index contributed by atoms with van der Waals surface area (Å²) in [7, 11) is 0. The quantitative estimate of drug-likeness (QED) is 0.524. The highest BCUT2D eigenvalue weighted by Gasteiger charge is 2.12. The molecule has 0 fully saturated rings. The van der Waals surface area contributed by atoms with E-state index in [1.807, 2.05) is 0 Å². The molecule has 2 aromatic carbocycles. The van der Waals surface area contributed by atoms with Gasteiger partial charge < -0.3 is 10.5 Å². The molecule has 20 heavy (non-hydrogen) atoms. The summed E-state index contributed by atoms with van der Waals surface area (Å²) in [5.41, 5.74) is 6.24. The van der Waals surface area contributed by atoms with Gasteiger partial charge in [-0.3, -0.25) is 10.1 Å². The van der Waals surface area contributed by atoms with Crippen molar-refractivity contribution in [1.82, 2.24) is 0 Å². The molecule has 0 saturated heterocycles. The van der Waals surface area contributed by atoms with Crippen molar-refractivity contribution < 1.29 is 9.66 Å². The Morgan fingerprint density at radius 2 is 1.85 bits per heavy atom. The summed E-state index contributed by atoms with van der Waals surface area (Å²) < 4.78 is 5.52. The summed E-state index contributed by atoms with van der Waals surface area (Å²) in [4.78, 5) is 10.1. The Bertz CT molecular complexity index is 642. The molecule has 0 amide bonds. The van der Waals surface area contributed by atoms with Gasteiger partial charge in [0.2, 0.25) is 0 Å². The van der Waals surface area contributed by atoms with Gasteiger partial charge in [-0.25, -0.2) is 0 Å². The molecule has 0 atom stereocenters. The van der Waals surface area contributed by atoms with Gasteiger partial charge in [0, 0.05) is 6.07 Å². The van der Waals surface area contributed by atoms with Crippen LogP contribution in [0.25, 0.3) is 0 Å². The maximum absolute atomic E-state index is 10.7. The van der Waals surface area contributed by atoms with Crippen LogP contribution in [0.1, 0.15) is 5.56 Å². The SMILES string of the molecule is Nc1cc(COc2c(Cl)cccc2Cl)ccc1[N+](=O)[O-]. The van der Waals surface area contributed by atoms with Gasteiger partial charge in [-0.1, -0.05) is 29.3 Å². The zero-order chi connectivity index (χ0) is 14.7. The van der Waals surface area contributed by atoms with Crippen LogP contribution in [0, 0.1) is 10.1 Å². The molecule has 104 valence electrons. The van der Waals surface area contributed by atoms with Crippen molar-refractivity contribution in [3.8, 4) is 5.75 Å². The molecule has 0 unspecified atom stereocenters. The van der Waals surface area contributed by atoms with Crippen LogP contribution in [0.5, 0.6) is 5.75 Å². The first kappa shape index (κ1) is 14.4. The van der Waals surface area contributed by atoms with Crippen LogP contribution in [-0.4, -0.2) is 4.92 Å². The van der Waals surface area contributed by atoms with Crippen LogP contribution < -0.4 is 10.5 Å². The average molecular weight is 313 g/mol. The molecule has 0 aliphatic heterocycles. The van der Waals surface area contributed by atoms with Crippen molar-refractivity contribution in [3.05, 3.63) is 62.1 Å². The van der Waals surface area contributed by atoms with E-state index in [-0.39, 0.29) is 18.0 Å². The van der Waals surface area contributed by atoms with E-state index in [9.17, 15) is 10.1 Å². The van der Waals surface area contributed by atoms with Crippen molar-refractivity contribution in [2.24, 2.45) is 0 Å². The van der Waals surface area contributed by atoms with Gasteiger partial charge in [0.1, 0.15) is 12.3 Å². The normalized spacial score (nSPS) is 10.3. The lowest BCUT2D eigenvalue weighted by Gasteiger charge is -2.10. The number of benzene rings is 2. The third kappa shape index (κ3) is 3.12. The molecule has 7 heteroatoms. The lowest BCUT2D eigenvalue weighted by molar-refractivity contribution is -0.383. The van der Waals surface area contributed by atoms with Crippen LogP contribution in [-0.2, 0) is 6.61 Å². The number of halogens is 2. The largest absolute Gasteiger partial charge is 0.486 e. The minimum Gasteiger partial charge on any atom is -0.486 e. The number of ether oxygens (including phenoxy) is 1. The molecular weight excluding hydrogens is 303 g/mol. The maximum Gasteiger partial charge on any atom is 0.292 e. The zero-order valence-electron chi connectivity index (χ0n) is 10.2. The molecule has 0 saturated carbocycles. The topological polar surface area (TPSA) is 78.4 Å². The Morgan fingerprint density at radius 1 is 1.20 bits per heavy atom. The van der Waals surface area contributed by atoms with Crippen molar-refractivity contribution in [2.45, 2.75) is 6.61 Å². The molecule has 5 nitrogen and oxygen atoms in total. The van der Waals surface area contributed by atoms with Gasteiger partial charge in [0.05, 0.1) is 15.0 Å². The Hall–Kier alpha value is -1.98. The van der Waals surface area contributed by atoms with E-state index in [1.54, 1.807) is 24.3 Å². The summed E-state index contributed by atoms with van der Waals surface area (Å²) in [6, 6.07) is 9.42. The van der Waals surface area contributed by atoms with E-state index in [0.717, 1.165) is 0 Å². The number of hydrogen-bond donors (Lipinski definition) is 1. The molecule has 0 radical (unpaired) electrons. The summed E-state index contributed by atoms with van der Waals surface area (Å²) in [6.07, 6.45) is 0. The number of hydrogen-bond acceptors (Lipinski definition) is 4. The number of nitrogens with two attached hydrogens (primary N) is 1. The smallest absolute Gasteiger partial charge is 0.292 e. The number of nitro benzene ring substituents is 1. The first-order valence-corrected chi connectivity index (χ1v) is 6.34. The second kappa shape index (κ2) is 5.98. The number of para-hydroxylation sites is 1. The Kier molecular flexibility index (Phi) is 4.32. The van der Waals surface area contributed by atoms with Crippen molar-refractivity contribution in [3.63, 3.8) is 0 Å². The maximum atomic E-state index is 10.7. The van der Waals surface area contributed by atoms with Crippen LogP contribution in [0.2, 0.25) is 10.0 Å². The van der Waals surface area contributed by atoms with Gasteiger partial charge in [-0.15, -0.1) is 0 Å². The molecule has 2 rings (SSSR count). The minimum atomic E-state index is -0.537. The lowest BCUT2D eigenvalue weighted by atomic mass is 10.2. The third-order valence-corrected chi connectivity index (χ3v) is 3.19. The first-order valence-electron chi connectivity index (χ1n) is 5.58. The third-order valence-electron chi connectivity index (χ3n) is 2.59. The van der Waals surface area contributed by atoms with E-state index in [1.165, 1.54) is 12.1 Å². The average Bonchev–Trinajstić information content (AvgIpc) is 2.37. The van der Waals surface area contributed by atoms with E-state index < -0.39 is 4.92 Å². The van der Waals surface area contributed by atoms with Gasteiger partial charge in [0.15, 0.2) is 5.75 Å². The molecular formula is C13H10Cl2N2O3. The highest BCUT2D eigenvalue weighted by Crippen LogP contribution is 2.33. The molecule has 0 bridgehead atoms. The predicted octanol–water partition coefficient (Wildman–Crippen LogP) is 4.06. The highest BCUT2D eigenvalue weighted by atomic mass is 35.5. The van der Waals surface area contributed by atoms with E-state index in [2.05, 4.69) is 0 Å². The van der Waals surface area contributed by atoms with E-state index >= 15 is 0 Å². The van der Waals surface area contributed by atoms with E-state index in [0.29, 0.717) is 21.4 Å². The fraction of sp³-hybridized carbons (Fsp3) is 0.0769. The molecule has 2 N–H and O–H groups in total. The fourth-order valence-corrected chi connectivity index (χ4v) is 2.14. The number of rotatable bonds is 4. The zero-order valence-corrected chi connectivity index (χ0v) is 11.7. The molecule has 0 aliphatic rings. The van der Waals surface area contributed by atoms with Crippen LogP contribution in [0.4, 0.5) is 11.4 Å². The van der Waals surface area contributed by atoms with Gasteiger partial charge in [-0.2, -0.15) is 0 Å². The summed E-state index contributed by atoms with van der Waals surface area (Å²) in [5.74, 6) is 0.368. The van der Waals surface area contributed by atoms with Gasteiger partial charge in [0.25, 0.3) is 5.69 Å². The van der Waals surface area contributed by atoms with Gasteiger partial charge >= 0.3 is 0 Å². The fourth-order valence-electron chi connectivity index (χ4n) is 1.64. The first-order chi connectivity index (χ1) is 9.49. The number of nitro groups is 1. The molecule has 0 heterocycles. The number of anilines is 1. The van der Waals surface area contributed by atoms with Crippen LogP contribution in [0.15, 0.2) is 36.4 Å². The number of nitrogen functional groups attached to an aromatic ring is 1.